The summed E-state index contributed by atoms with van der Waals surface area (Å²) in [6.45, 7) is 3.84. The highest BCUT2D eigenvalue weighted by Crippen LogP contribution is 2.24. The molecule has 1 aliphatic heterocycles. The third kappa shape index (κ3) is 3.10. The first-order valence-corrected chi connectivity index (χ1v) is 7.14. The van der Waals surface area contributed by atoms with Gasteiger partial charge in [-0.3, -0.25) is 0 Å². The Bertz CT molecular complexity index is 474. The van der Waals surface area contributed by atoms with Crippen LogP contribution in [-0.4, -0.2) is 44.2 Å². The lowest BCUT2D eigenvalue weighted by molar-refractivity contribution is 0.0599. The van der Waals surface area contributed by atoms with Gasteiger partial charge in [0, 0.05) is 19.1 Å². The fraction of sp³-hybridized carbons (Fsp3) is 0.600. The highest BCUT2D eigenvalue weighted by Gasteiger charge is 2.23. The van der Waals surface area contributed by atoms with E-state index >= 15 is 0 Å². The van der Waals surface area contributed by atoms with Gasteiger partial charge in [0.25, 0.3) is 0 Å². The topological polar surface area (TPSA) is 54.5 Å². The van der Waals surface area contributed by atoms with Crippen LogP contribution in [0.25, 0.3) is 0 Å². The van der Waals surface area contributed by atoms with E-state index < -0.39 is 0 Å². The van der Waals surface area contributed by atoms with Gasteiger partial charge < -0.3 is 15.0 Å². The molecule has 1 atom stereocenters. The molecule has 0 bridgehead atoms. The van der Waals surface area contributed by atoms with Gasteiger partial charge in [-0.25, -0.2) is 9.78 Å². The minimum atomic E-state index is -0.327. The van der Waals surface area contributed by atoms with Crippen LogP contribution in [0.15, 0.2) is 12.1 Å². The lowest BCUT2D eigenvalue weighted by Crippen LogP contribution is -2.45. The van der Waals surface area contributed by atoms with Gasteiger partial charge in [-0.2, -0.15) is 0 Å². The van der Waals surface area contributed by atoms with Gasteiger partial charge in [0.1, 0.15) is 5.82 Å². The number of carbonyl (C=O) groups is 1. The van der Waals surface area contributed by atoms with Crippen LogP contribution < -0.4 is 10.2 Å². The molecule has 2 heterocycles. The van der Waals surface area contributed by atoms with E-state index in [4.69, 9.17) is 4.74 Å². The number of rotatable bonds is 4. The monoisotopic (exact) mass is 277 g/mol. The van der Waals surface area contributed by atoms with Gasteiger partial charge in [-0.1, -0.05) is 0 Å². The van der Waals surface area contributed by atoms with Crippen molar-refractivity contribution in [1.82, 2.24) is 10.3 Å². The van der Waals surface area contributed by atoms with Crippen molar-refractivity contribution in [2.75, 3.05) is 32.1 Å². The fourth-order valence-corrected chi connectivity index (χ4v) is 2.78. The number of piperidine rings is 1. The second-order valence-corrected chi connectivity index (χ2v) is 5.19. The molecular weight excluding hydrogens is 254 g/mol. The van der Waals surface area contributed by atoms with Crippen molar-refractivity contribution in [3.8, 4) is 0 Å². The molecule has 5 nitrogen and oxygen atoms in total. The van der Waals surface area contributed by atoms with Crippen LogP contribution in [0.1, 0.15) is 35.3 Å². The van der Waals surface area contributed by atoms with Crippen LogP contribution in [0.4, 0.5) is 5.82 Å². The maximum atomic E-state index is 11.6. The van der Waals surface area contributed by atoms with Gasteiger partial charge in [-0.15, -0.1) is 0 Å². The number of pyridine rings is 1. The average molecular weight is 277 g/mol. The minimum Gasteiger partial charge on any atom is -0.465 e. The maximum absolute atomic E-state index is 11.6. The summed E-state index contributed by atoms with van der Waals surface area (Å²) in [5, 5.41) is 3.25. The first-order valence-electron chi connectivity index (χ1n) is 7.14. The number of aryl methyl sites for hydroxylation is 1. The minimum absolute atomic E-state index is 0.327. The number of nitrogens with zero attached hydrogens (tertiary/aromatic N) is 2. The Kier molecular flexibility index (Phi) is 4.95. The smallest absolute Gasteiger partial charge is 0.339 e. The van der Waals surface area contributed by atoms with E-state index in [2.05, 4.69) is 15.2 Å². The summed E-state index contributed by atoms with van der Waals surface area (Å²) < 4.78 is 4.76. The largest absolute Gasteiger partial charge is 0.465 e. The normalized spacial score (nSPS) is 18.9. The average Bonchev–Trinajstić information content (AvgIpc) is 2.47. The number of methoxy groups -OCH3 is 1. The Labute approximate surface area is 120 Å². The van der Waals surface area contributed by atoms with E-state index in [-0.39, 0.29) is 5.97 Å². The molecule has 2 rings (SSSR count). The molecular formula is C15H23N3O2. The number of carbonyl (C=O) groups excluding carboxylic acids is 1. The van der Waals surface area contributed by atoms with Crippen molar-refractivity contribution < 1.29 is 9.53 Å². The number of hydrogen-bond acceptors (Lipinski definition) is 5. The molecule has 1 aromatic heterocycles. The first kappa shape index (κ1) is 14.8. The van der Waals surface area contributed by atoms with Crippen molar-refractivity contribution in [3.05, 3.63) is 23.4 Å². The molecule has 1 aromatic rings. The molecule has 1 unspecified atom stereocenters. The van der Waals surface area contributed by atoms with Crippen molar-refractivity contribution >= 4 is 11.8 Å². The Morgan fingerprint density at radius 3 is 2.95 bits per heavy atom. The molecule has 0 radical (unpaired) electrons. The van der Waals surface area contributed by atoms with E-state index in [0.717, 1.165) is 24.6 Å². The van der Waals surface area contributed by atoms with Crippen LogP contribution in [0.2, 0.25) is 0 Å². The molecule has 110 valence electrons. The van der Waals surface area contributed by atoms with E-state index in [0.29, 0.717) is 11.6 Å². The third-order valence-corrected chi connectivity index (χ3v) is 3.84. The summed E-state index contributed by atoms with van der Waals surface area (Å²) >= 11 is 0. The molecule has 0 aromatic carbocycles. The molecule has 20 heavy (non-hydrogen) atoms. The van der Waals surface area contributed by atoms with Gasteiger partial charge >= 0.3 is 5.97 Å². The van der Waals surface area contributed by atoms with Crippen molar-refractivity contribution in [2.45, 2.75) is 32.2 Å². The molecule has 0 spiro atoms. The summed E-state index contributed by atoms with van der Waals surface area (Å²) in [5.74, 6) is 0.627. The summed E-state index contributed by atoms with van der Waals surface area (Å²) in [4.78, 5) is 18.5. The zero-order valence-corrected chi connectivity index (χ0v) is 12.5. The zero-order valence-electron chi connectivity index (χ0n) is 12.5. The summed E-state index contributed by atoms with van der Waals surface area (Å²) in [5.41, 5.74) is 1.27. The lowest BCUT2D eigenvalue weighted by atomic mass is 10.0. The third-order valence-electron chi connectivity index (χ3n) is 3.84. The Hall–Kier alpha value is -1.62. The number of aromatic nitrogens is 1. The number of esters is 1. The van der Waals surface area contributed by atoms with Gasteiger partial charge in [0.2, 0.25) is 0 Å². The quantitative estimate of drug-likeness (QED) is 0.850. The molecule has 5 heteroatoms. The van der Waals surface area contributed by atoms with Crippen molar-refractivity contribution in [1.29, 1.82) is 0 Å². The first-order chi connectivity index (χ1) is 9.67. The molecule has 1 fully saturated rings. The summed E-state index contributed by atoms with van der Waals surface area (Å²) in [6.07, 6.45) is 3.64. The van der Waals surface area contributed by atoms with Crippen LogP contribution in [-0.2, 0) is 4.74 Å². The number of hydrogen-bond donors (Lipinski definition) is 1. The molecule has 0 aliphatic carbocycles. The Balaban J connectivity index is 2.23. The van der Waals surface area contributed by atoms with Crippen LogP contribution in [0.5, 0.6) is 0 Å². The zero-order chi connectivity index (χ0) is 14.5. The number of ether oxygens (including phenoxy) is 1. The van der Waals surface area contributed by atoms with Crippen molar-refractivity contribution in [3.63, 3.8) is 0 Å². The Morgan fingerprint density at radius 2 is 2.30 bits per heavy atom. The second kappa shape index (κ2) is 6.70. The molecule has 1 aliphatic rings. The van der Waals surface area contributed by atoms with E-state index in [1.165, 1.54) is 26.4 Å². The maximum Gasteiger partial charge on any atom is 0.339 e. The molecule has 0 saturated carbocycles. The molecule has 1 N–H and O–H groups in total. The molecule has 1 saturated heterocycles. The van der Waals surface area contributed by atoms with Crippen LogP contribution in [0, 0.1) is 6.92 Å². The second-order valence-electron chi connectivity index (χ2n) is 5.19. The van der Waals surface area contributed by atoms with E-state index in [9.17, 15) is 4.79 Å². The van der Waals surface area contributed by atoms with Crippen LogP contribution >= 0.6 is 0 Å². The van der Waals surface area contributed by atoms with Gasteiger partial charge in [0.05, 0.1) is 18.4 Å². The number of anilines is 1. The van der Waals surface area contributed by atoms with Crippen molar-refractivity contribution in [2.24, 2.45) is 0 Å². The SMILES string of the molecule is CNCC1CCCCN1c1ccc(C(=O)OC)c(C)n1. The van der Waals surface area contributed by atoms with E-state index in [1.807, 2.05) is 26.1 Å². The van der Waals surface area contributed by atoms with E-state index in [1.54, 1.807) is 0 Å². The number of likely N-dealkylation sites (N-methyl/N-ethyl adjacent to an activating group) is 1. The highest BCUT2D eigenvalue weighted by atomic mass is 16.5. The lowest BCUT2D eigenvalue weighted by Gasteiger charge is -2.36. The standard InChI is InChI=1S/C15H23N3O2/c1-11-13(15(19)20-3)7-8-14(17-11)18-9-5-4-6-12(18)10-16-2/h7-8,12,16H,4-6,9-10H2,1-3H3. The predicted octanol–water partition coefficient (Wildman–Crippen LogP) is 1.75. The fourth-order valence-electron chi connectivity index (χ4n) is 2.78. The predicted molar refractivity (Wildman–Crippen MR) is 79.2 cm³/mol. The summed E-state index contributed by atoms with van der Waals surface area (Å²) in [7, 11) is 3.37. The Morgan fingerprint density at radius 1 is 1.50 bits per heavy atom. The van der Waals surface area contributed by atoms with Crippen LogP contribution in [0.3, 0.4) is 0 Å². The summed E-state index contributed by atoms with van der Waals surface area (Å²) in [6, 6.07) is 4.21. The van der Waals surface area contributed by atoms with Gasteiger partial charge in [0.15, 0.2) is 0 Å². The molecule has 0 amide bonds. The van der Waals surface area contributed by atoms with Gasteiger partial charge in [-0.05, 0) is 45.4 Å². The highest BCUT2D eigenvalue weighted by molar-refractivity contribution is 5.90. The number of nitrogens with one attached hydrogen (secondary N) is 1.